The molecule has 66 valence electrons. The zero-order valence-corrected chi connectivity index (χ0v) is 8.36. The van der Waals surface area contributed by atoms with E-state index in [9.17, 15) is 4.21 Å². The molecule has 0 N–H and O–H groups in total. The minimum Gasteiger partial charge on any atom is -0.299 e. The molecule has 1 aliphatic rings. The molecule has 0 aromatic carbocycles. The van der Waals surface area contributed by atoms with Gasteiger partial charge in [-0.05, 0) is 20.8 Å². The van der Waals surface area contributed by atoms with Crippen molar-refractivity contribution < 1.29 is 4.21 Å². The van der Waals surface area contributed by atoms with Crippen molar-refractivity contribution in [3.8, 4) is 0 Å². The minimum atomic E-state index is -0.564. The molecule has 0 bridgehead atoms. The molecule has 1 rings (SSSR count). The van der Waals surface area contributed by atoms with Crippen LogP contribution in [0.4, 0.5) is 0 Å². The van der Waals surface area contributed by atoms with Gasteiger partial charge in [-0.3, -0.25) is 9.11 Å². The van der Waals surface area contributed by atoms with Crippen LogP contribution in [0.2, 0.25) is 0 Å². The lowest BCUT2D eigenvalue weighted by atomic mass is 10.3. The van der Waals surface area contributed by atoms with Gasteiger partial charge >= 0.3 is 0 Å². The summed E-state index contributed by atoms with van der Waals surface area (Å²) in [7, 11) is -0.564. The Balaban J connectivity index is 2.46. The van der Waals surface area contributed by atoms with Crippen molar-refractivity contribution in [1.82, 2.24) is 4.90 Å². The smallest absolute Gasteiger partial charge is 0.0447 e. The second kappa shape index (κ2) is 3.68. The quantitative estimate of drug-likeness (QED) is 0.589. The molecule has 0 radical (unpaired) electrons. The van der Waals surface area contributed by atoms with Crippen LogP contribution in [0.25, 0.3) is 0 Å². The lowest BCUT2D eigenvalue weighted by Crippen LogP contribution is -2.45. The average Bonchev–Trinajstić information content (AvgIpc) is 1.94. The van der Waals surface area contributed by atoms with Crippen LogP contribution in [0.5, 0.6) is 0 Å². The fraction of sp³-hybridized carbons (Fsp3) is 1.00. The highest BCUT2D eigenvalue weighted by Crippen LogP contribution is 2.10. The molecule has 1 heterocycles. The molecule has 0 aromatic rings. The Bertz CT molecular complexity index is 158. The summed E-state index contributed by atoms with van der Waals surface area (Å²) in [4.78, 5) is 2.39. The summed E-state index contributed by atoms with van der Waals surface area (Å²) < 4.78 is 11.2. The van der Waals surface area contributed by atoms with Gasteiger partial charge in [-0.15, -0.1) is 0 Å². The van der Waals surface area contributed by atoms with E-state index in [1.54, 1.807) is 0 Å². The summed E-state index contributed by atoms with van der Waals surface area (Å²) >= 11 is 0. The predicted molar refractivity (Wildman–Crippen MR) is 49.2 cm³/mol. The Morgan fingerprint density at radius 2 is 2.18 bits per heavy atom. The van der Waals surface area contributed by atoms with Gasteiger partial charge in [0.15, 0.2) is 0 Å². The summed E-state index contributed by atoms with van der Waals surface area (Å²) in [5, 5.41) is 0.367. The predicted octanol–water partition coefficient (Wildman–Crippen LogP) is 0.848. The first-order valence-electron chi connectivity index (χ1n) is 4.22. The molecular formula is C8H17NOS. The largest absolute Gasteiger partial charge is 0.299 e. The van der Waals surface area contributed by atoms with Crippen molar-refractivity contribution >= 4 is 10.8 Å². The molecule has 0 spiro atoms. The van der Waals surface area contributed by atoms with Gasteiger partial charge in [-0.2, -0.15) is 0 Å². The summed E-state index contributed by atoms with van der Waals surface area (Å²) in [5.74, 6) is 0.860. The van der Waals surface area contributed by atoms with Crippen molar-refractivity contribution in [2.45, 2.75) is 32.1 Å². The number of hydrogen-bond acceptors (Lipinski definition) is 2. The molecule has 1 fully saturated rings. The SMILES string of the molecule is CC(C)N1CCS(=O)C(C)C1. The molecule has 1 aliphatic heterocycles. The van der Waals surface area contributed by atoms with Gasteiger partial charge in [0.05, 0.1) is 0 Å². The highest BCUT2D eigenvalue weighted by atomic mass is 32.2. The van der Waals surface area contributed by atoms with E-state index in [1.165, 1.54) is 0 Å². The highest BCUT2D eigenvalue weighted by Gasteiger charge is 2.23. The Hall–Kier alpha value is 0.110. The second-order valence-electron chi connectivity index (χ2n) is 3.48. The van der Waals surface area contributed by atoms with E-state index in [4.69, 9.17) is 0 Å². The van der Waals surface area contributed by atoms with Gasteiger partial charge in [-0.25, -0.2) is 0 Å². The van der Waals surface area contributed by atoms with Crippen LogP contribution in [-0.4, -0.2) is 39.2 Å². The standard InChI is InChI=1S/C8H17NOS/c1-7(2)9-4-5-11(10)8(3)6-9/h7-8H,4-6H2,1-3H3. The van der Waals surface area contributed by atoms with E-state index in [-0.39, 0.29) is 0 Å². The second-order valence-corrected chi connectivity index (χ2v) is 5.46. The lowest BCUT2D eigenvalue weighted by Gasteiger charge is -2.33. The van der Waals surface area contributed by atoms with Crippen LogP contribution >= 0.6 is 0 Å². The molecule has 0 aliphatic carbocycles. The van der Waals surface area contributed by atoms with Gasteiger partial charge < -0.3 is 0 Å². The van der Waals surface area contributed by atoms with Crippen LogP contribution < -0.4 is 0 Å². The number of rotatable bonds is 1. The third-order valence-electron chi connectivity index (χ3n) is 2.25. The molecule has 0 amide bonds. The van der Waals surface area contributed by atoms with Gasteiger partial charge in [0, 0.05) is 40.9 Å². The lowest BCUT2D eigenvalue weighted by molar-refractivity contribution is 0.229. The van der Waals surface area contributed by atoms with Gasteiger partial charge in [0.1, 0.15) is 0 Å². The maximum Gasteiger partial charge on any atom is 0.0447 e. The van der Waals surface area contributed by atoms with E-state index in [1.807, 2.05) is 0 Å². The molecule has 2 nitrogen and oxygen atoms in total. The molecule has 3 heteroatoms. The Morgan fingerprint density at radius 3 is 2.64 bits per heavy atom. The van der Waals surface area contributed by atoms with Crippen LogP contribution in [0.3, 0.4) is 0 Å². The van der Waals surface area contributed by atoms with E-state index in [0.717, 1.165) is 18.8 Å². The van der Waals surface area contributed by atoms with Crippen LogP contribution in [0.15, 0.2) is 0 Å². The zero-order valence-electron chi connectivity index (χ0n) is 7.54. The summed E-state index contributed by atoms with van der Waals surface area (Å²) in [6, 6.07) is 0.606. The Morgan fingerprint density at radius 1 is 1.55 bits per heavy atom. The average molecular weight is 175 g/mol. The van der Waals surface area contributed by atoms with Crippen molar-refractivity contribution in [2.75, 3.05) is 18.8 Å². The first-order valence-corrected chi connectivity index (χ1v) is 5.60. The molecule has 2 atom stereocenters. The van der Waals surface area contributed by atoms with Gasteiger partial charge in [0.25, 0.3) is 0 Å². The minimum absolute atomic E-state index is 0.367. The fourth-order valence-corrected chi connectivity index (χ4v) is 2.56. The Kier molecular flexibility index (Phi) is 3.07. The van der Waals surface area contributed by atoms with Crippen molar-refractivity contribution in [3.63, 3.8) is 0 Å². The van der Waals surface area contributed by atoms with Crippen molar-refractivity contribution in [1.29, 1.82) is 0 Å². The Labute approximate surface area is 71.4 Å². The summed E-state index contributed by atoms with van der Waals surface area (Å²) in [6.45, 7) is 8.48. The van der Waals surface area contributed by atoms with E-state index in [0.29, 0.717) is 11.3 Å². The third-order valence-corrected chi connectivity index (χ3v) is 3.88. The van der Waals surface area contributed by atoms with Crippen LogP contribution in [0.1, 0.15) is 20.8 Å². The van der Waals surface area contributed by atoms with Crippen molar-refractivity contribution in [2.24, 2.45) is 0 Å². The first kappa shape index (κ1) is 9.20. The van der Waals surface area contributed by atoms with Crippen LogP contribution in [-0.2, 0) is 10.8 Å². The normalized spacial score (nSPS) is 34.5. The van der Waals surface area contributed by atoms with Crippen LogP contribution in [0, 0.1) is 0 Å². The summed E-state index contributed by atoms with van der Waals surface area (Å²) in [6.07, 6.45) is 0. The maximum atomic E-state index is 11.2. The molecule has 1 saturated heterocycles. The van der Waals surface area contributed by atoms with E-state index in [2.05, 4.69) is 25.7 Å². The number of nitrogens with zero attached hydrogens (tertiary/aromatic N) is 1. The fourth-order valence-electron chi connectivity index (χ4n) is 1.38. The van der Waals surface area contributed by atoms with Crippen molar-refractivity contribution in [3.05, 3.63) is 0 Å². The van der Waals surface area contributed by atoms with E-state index >= 15 is 0 Å². The number of hydrogen-bond donors (Lipinski definition) is 0. The zero-order chi connectivity index (χ0) is 8.43. The van der Waals surface area contributed by atoms with E-state index < -0.39 is 10.8 Å². The monoisotopic (exact) mass is 175 g/mol. The maximum absolute atomic E-state index is 11.2. The third kappa shape index (κ3) is 2.27. The topological polar surface area (TPSA) is 20.3 Å². The van der Waals surface area contributed by atoms with Gasteiger partial charge in [0.2, 0.25) is 0 Å². The van der Waals surface area contributed by atoms with Gasteiger partial charge in [-0.1, -0.05) is 0 Å². The molecule has 11 heavy (non-hydrogen) atoms. The first-order chi connectivity index (χ1) is 5.11. The highest BCUT2D eigenvalue weighted by molar-refractivity contribution is 7.85. The molecular weight excluding hydrogens is 158 g/mol. The summed E-state index contributed by atoms with van der Waals surface area (Å²) in [5.41, 5.74) is 0. The molecule has 0 aromatic heterocycles. The molecule has 2 unspecified atom stereocenters. The molecule has 0 saturated carbocycles.